The number of nitro groups is 1. The van der Waals surface area contributed by atoms with Gasteiger partial charge in [0.15, 0.2) is 0 Å². The van der Waals surface area contributed by atoms with E-state index in [1.54, 1.807) is 11.1 Å². The molecular formula is C23H19N3O7. The van der Waals surface area contributed by atoms with Gasteiger partial charge in [-0.25, -0.2) is 9.69 Å². The maximum Gasteiger partial charge on any atom is 0.329 e. The number of non-ortho nitro benzene ring substituents is 1. The number of fused-ring (bicyclic) bond motifs is 5. The Labute approximate surface area is 188 Å². The van der Waals surface area contributed by atoms with Crippen LogP contribution in [0.25, 0.3) is 6.08 Å². The molecule has 2 saturated heterocycles. The smallest absolute Gasteiger partial charge is 0.329 e. The molecule has 168 valence electrons. The number of imide groups is 1. The van der Waals surface area contributed by atoms with E-state index in [-0.39, 0.29) is 17.1 Å². The summed E-state index contributed by atoms with van der Waals surface area (Å²) < 4.78 is 10.3. The van der Waals surface area contributed by atoms with Crippen LogP contribution >= 0.6 is 0 Å². The molecule has 4 unspecified atom stereocenters. The van der Waals surface area contributed by atoms with Crippen LogP contribution in [-0.2, 0) is 19.1 Å². The molecule has 0 aliphatic carbocycles. The van der Waals surface area contributed by atoms with Gasteiger partial charge in [-0.05, 0) is 23.3 Å². The third-order valence-corrected chi connectivity index (χ3v) is 6.52. The number of esters is 1. The van der Waals surface area contributed by atoms with E-state index in [0.29, 0.717) is 0 Å². The number of rotatable bonds is 4. The summed E-state index contributed by atoms with van der Waals surface area (Å²) in [7, 11) is 2.58. The normalized spacial score (nSPS) is 24.9. The minimum Gasteiger partial charge on any atom is -0.495 e. The molecule has 0 saturated carbocycles. The van der Waals surface area contributed by atoms with Gasteiger partial charge in [0.05, 0.1) is 37.0 Å². The van der Waals surface area contributed by atoms with E-state index in [4.69, 9.17) is 9.47 Å². The van der Waals surface area contributed by atoms with Crippen LogP contribution < -0.4 is 9.64 Å². The number of hydrogen-bond acceptors (Lipinski definition) is 8. The molecule has 10 nitrogen and oxygen atoms in total. The lowest BCUT2D eigenvalue weighted by atomic mass is 9.84. The van der Waals surface area contributed by atoms with Crippen LogP contribution in [0.3, 0.4) is 0 Å². The van der Waals surface area contributed by atoms with Crippen molar-refractivity contribution in [2.24, 2.45) is 11.8 Å². The van der Waals surface area contributed by atoms with Crippen LogP contribution in [0.4, 0.5) is 11.4 Å². The molecule has 33 heavy (non-hydrogen) atoms. The number of carbonyl (C=O) groups is 3. The summed E-state index contributed by atoms with van der Waals surface area (Å²) in [6.45, 7) is 0. The zero-order chi connectivity index (χ0) is 23.4. The van der Waals surface area contributed by atoms with Crippen LogP contribution in [0.2, 0.25) is 0 Å². The molecule has 4 atom stereocenters. The van der Waals surface area contributed by atoms with Crippen LogP contribution in [0, 0.1) is 22.0 Å². The minimum atomic E-state index is -1.02. The third kappa shape index (κ3) is 2.83. The first-order chi connectivity index (χ1) is 15.9. The van der Waals surface area contributed by atoms with Crippen molar-refractivity contribution in [3.05, 3.63) is 69.9 Å². The van der Waals surface area contributed by atoms with E-state index in [1.807, 2.05) is 30.3 Å². The number of nitro benzene ring substituents is 1. The van der Waals surface area contributed by atoms with E-state index in [2.05, 4.69) is 0 Å². The lowest BCUT2D eigenvalue weighted by molar-refractivity contribution is -0.384. The molecule has 10 heteroatoms. The Kier molecular flexibility index (Phi) is 4.66. The summed E-state index contributed by atoms with van der Waals surface area (Å²) in [6, 6.07) is 9.58. The van der Waals surface area contributed by atoms with Gasteiger partial charge >= 0.3 is 5.97 Å². The molecule has 0 N–H and O–H groups in total. The summed E-state index contributed by atoms with van der Waals surface area (Å²) in [5.74, 6) is -3.57. The molecule has 0 spiro atoms. The van der Waals surface area contributed by atoms with E-state index in [0.717, 1.165) is 22.1 Å². The predicted molar refractivity (Wildman–Crippen MR) is 115 cm³/mol. The minimum absolute atomic E-state index is 0.0223. The first kappa shape index (κ1) is 20.7. The number of amides is 2. The van der Waals surface area contributed by atoms with Crippen molar-refractivity contribution in [2.75, 3.05) is 19.1 Å². The van der Waals surface area contributed by atoms with Gasteiger partial charge < -0.3 is 14.4 Å². The summed E-state index contributed by atoms with van der Waals surface area (Å²) in [5, 5.41) is 11.3. The fraction of sp³-hybridized carbons (Fsp3) is 0.261. The maximum atomic E-state index is 13.7. The molecule has 0 bridgehead atoms. The van der Waals surface area contributed by atoms with Crippen molar-refractivity contribution in [1.29, 1.82) is 0 Å². The molecular weight excluding hydrogens is 430 g/mol. The second-order valence-corrected chi connectivity index (χ2v) is 7.98. The van der Waals surface area contributed by atoms with Crippen LogP contribution in [0.15, 0.2) is 48.7 Å². The Balaban J connectivity index is 1.67. The van der Waals surface area contributed by atoms with Gasteiger partial charge in [-0.2, -0.15) is 0 Å². The topological polar surface area (TPSA) is 119 Å². The Morgan fingerprint density at radius 1 is 1.06 bits per heavy atom. The number of benzene rings is 2. The van der Waals surface area contributed by atoms with Gasteiger partial charge in [0, 0.05) is 18.3 Å². The molecule has 2 amide bonds. The molecule has 3 aliphatic heterocycles. The highest BCUT2D eigenvalue weighted by molar-refractivity contribution is 6.24. The zero-order valence-corrected chi connectivity index (χ0v) is 17.7. The van der Waals surface area contributed by atoms with E-state index in [1.165, 1.54) is 26.4 Å². The van der Waals surface area contributed by atoms with Gasteiger partial charge in [-0.1, -0.05) is 24.3 Å². The van der Waals surface area contributed by atoms with Crippen molar-refractivity contribution < 1.29 is 28.8 Å². The molecule has 2 aromatic rings. The highest BCUT2D eigenvalue weighted by atomic mass is 16.6. The standard InChI is InChI=1S/C23H19N3O7/c1-32-16-8-7-13(26(30)31)11-15(16)25-21(27)17-18(22(25)28)20(23(29)33-2)24-10-9-12-5-3-4-6-14(12)19(17)24/h3-11,17-20H,1-2H3. The number of methoxy groups -OCH3 is 2. The molecule has 5 rings (SSSR count). The summed E-state index contributed by atoms with van der Waals surface area (Å²) in [5.41, 5.74) is 1.39. The van der Waals surface area contributed by atoms with Crippen LogP contribution in [-0.4, -0.2) is 47.9 Å². The lowest BCUT2D eigenvalue weighted by Gasteiger charge is -2.34. The second-order valence-electron chi connectivity index (χ2n) is 7.98. The maximum absolute atomic E-state index is 13.7. The van der Waals surface area contributed by atoms with Gasteiger partial charge in [0.1, 0.15) is 17.5 Å². The fourth-order valence-electron chi connectivity index (χ4n) is 5.15. The number of hydrogen-bond donors (Lipinski definition) is 0. The molecule has 2 fully saturated rings. The quantitative estimate of drug-likeness (QED) is 0.302. The lowest BCUT2D eigenvalue weighted by Crippen LogP contribution is -2.44. The van der Waals surface area contributed by atoms with Crippen LogP contribution in [0.5, 0.6) is 5.75 Å². The van der Waals surface area contributed by atoms with Crippen molar-refractivity contribution in [1.82, 2.24) is 4.90 Å². The SMILES string of the molecule is COC(=O)C1C2C(=O)N(c3cc([N+](=O)[O-])ccc3OC)C(=O)C2C2c3ccccc3C=CN12. The molecule has 3 aliphatic rings. The van der Waals surface area contributed by atoms with Gasteiger partial charge in [-0.15, -0.1) is 0 Å². The monoisotopic (exact) mass is 449 g/mol. The Morgan fingerprint density at radius 3 is 2.48 bits per heavy atom. The zero-order valence-electron chi connectivity index (χ0n) is 17.7. The predicted octanol–water partition coefficient (Wildman–Crippen LogP) is 2.29. The number of carbonyl (C=O) groups excluding carboxylic acids is 3. The highest BCUT2D eigenvalue weighted by Crippen LogP contribution is 2.54. The van der Waals surface area contributed by atoms with Crippen molar-refractivity contribution in [3.8, 4) is 5.75 Å². The highest BCUT2D eigenvalue weighted by Gasteiger charge is 2.65. The average Bonchev–Trinajstić information content (AvgIpc) is 3.30. The largest absolute Gasteiger partial charge is 0.495 e. The summed E-state index contributed by atoms with van der Waals surface area (Å²) in [6.07, 6.45) is 3.55. The van der Waals surface area contributed by atoms with Crippen molar-refractivity contribution in [2.45, 2.75) is 12.1 Å². The van der Waals surface area contributed by atoms with Crippen LogP contribution in [0.1, 0.15) is 17.2 Å². The Bertz CT molecular complexity index is 1240. The first-order valence-electron chi connectivity index (χ1n) is 10.2. The Hall–Kier alpha value is -4.21. The number of nitrogens with zero attached hydrogens (tertiary/aromatic N) is 3. The van der Waals surface area contributed by atoms with E-state index in [9.17, 15) is 24.5 Å². The van der Waals surface area contributed by atoms with E-state index < -0.39 is 46.6 Å². The number of anilines is 1. The van der Waals surface area contributed by atoms with Crippen molar-refractivity contribution in [3.63, 3.8) is 0 Å². The molecule has 0 radical (unpaired) electrons. The van der Waals surface area contributed by atoms with E-state index >= 15 is 0 Å². The summed E-state index contributed by atoms with van der Waals surface area (Å²) >= 11 is 0. The molecule has 3 heterocycles. The second kappa shape index (κ2) is 7.44. The number of ether oxygens (including phenoxy) is 2. The summed E-state index contributed by atoms with van der Waals surface area (Å²) in [4.78, 5) is 53.5. The van der Waals surface area contributed by atoms with Crippen molar-refractivity contribution >= 4 is 35.2 Å². The average molecular weight is 449 g/mol. The molecule has 2 aromatic carbocycles. The molecule has 0 aromatic heterocycles. The van der Waals surface area contributed by atoms with Gasteiger partial charge in [0.25, 0.3) is 5.69 Å². The van der Waals surface area contributed by atoms with Gasteiger partial charge in [0.2, 0.25) is 11.8 Å². The first-order valence-corrected chi connectivity index (χ1v) is 10.2. The Morgan fingerprint density at radius 2 is 1.79 bits per heavy atom. The third-order valence-electron chi connectivity index (χ3n) is 6.52. The van der Waals surface area contributed by atoms with Gasteiger partial charge in [-0.3, -0.25) is 19.7 Å². The fourth-order valence-corrected chi connectivity index (χ4v) is 5.15.